The van der Waals surface area contributed by atoms with Crippen molar-refractivity contribution in [1.29, 1.82) is 0 Å². The number of halogens is 1. The summed E-state index contributed by atoms with van der Waals surface area (Å²) in [5.74, 6) is -1.47. The molecule has 1 N–H and O–H groups in total. The number of aromatic nitrogens is 1. The normalized spacial score (nSPS) is 17.8. The van der Waals surface area contributed by atoms with Crippen molar-refractivity contribution in [2.45, 2.75) is 32.2 Å². The maximum Gasteiger partial charge on any atom is 0.300 e. The molecule has 1 aliphatic heterocycles. The molecule has 0 spiro atoms. The van der Waals surface area contributed by atoms with Crippen molar-refractivity contribution >= 4 is 34.7 Å². The second kappa shape index (κ2) is 8.95. The Bertz CT molecular complexity index is 1300. The quantitative estimate of drug-likeness (QED) is 0.298. The van der Waals surface area contributed by atoms with Gasteiger partial charge in [0, 0.05) is 23.1 Å². The van der Waals surface area contributed by atoms with E-state index in [9.17, 15) is 14.7 Å². The molecule has 3 aromatic rings. The van der Waals surface area contributed by atoms with Crippen molar-refractivity contribution in [1.82, 2.24) is 4.98 Å². The first-order valence-corrected chi connectivity index (χ1v) is 11.2. The van der Waals surface area contributed by atoms with Crippen molar-refractivity contribution < 1.29 is 19.4 Å². The number of amides is 1. The summed E-state index contributed by atoms with van der Waals surface area (Å²) in [4.78, 5) is 32.1. The number of aliphatic hydroxyl groups is 1. The molecule has 4 rings (SSSR count). The van der Waals surface area contributed by atoms with Crippen LogP contribution in [0.2, 0.25) is 5.02 Å². The lowest BCUT2D eigenvalue weighted by Gasteiger charge is -2.26. The van der Waals surface area contributed by atoms with Crippen LogP contribution >= 0.6 is 11.6 Å². The number of methoxy groups -OCH3 is 1. The predicted molar refractivity (Wildman–Crippen MR) is 132 cm³/mol. The fourth-order valence-electron chi connectivity index (χ4n) is 4.08. The minimum Gasteiger partial charge on any atom is -0.507 e. The van der Waals surface area contributed by atoms with Crippen molar-refractivity contribution in [3.8, 4) is 5.75 Å². The van der Waals surface area contributed by atoms with E-state index < -0.39 is 17.7 Å². The molecule has 0 aliphatic carbocycles. The van der Waals surface area contributed by atoms with Gasteiger partial charge in [-0.25, -0.2) is 0 Å². The van der Waals surface area contributed by atoms with Crippen molar-refractivity contribution in [2.24, 2.45) is 0 Å². The molecule has 1 amide bonds. The van der Waals surface area contributed by atoms with Gasteiger partial charge in [0.05, 0.1) is 24.3 Å². The number of rotatable bonds is 4. The van der Waals surface area contributed by atoms with Crippen LogP contribution in [0.25, 0.3) is 5.76 Å². The molecule has 7 heteroatoms. The minimum absolute atomic E-state index is 0.0395. The second-order valence-corrected chi connectivity index (χ2v) is 9.54. The number of hydrogen-bond donors (Lipinski definition) is 1. The Morgan fingerprint density at radius 3 is 2.47 bits per heavy atom. The zero-order valence-corrected chi connectivity index (χ0v) is 20.1. The van der Waals surface area contributed by atoms with Gasteiger partial charge in [-0.1, -0.05) is 50.6 Å². The number of hydrogen-bond acceptors (Lipinski definition) is 5. The highest BCUT2D eigenvalue weighted by molar-refractivity contribution is 6.51. The number of ketones is 1. The smallest absolute Gasteiger partial charge is 0.300 e. The summed E-state index contributed by atoms with van der Waals surface area (Å²) in [5, 5.41) is 11.9. The highest BCUT2D eigenvalue weighted by Gasteiger charge is 2.47. The van der Waals surface area contributed by atoms with Gasteiger partial charge >= 0.3 is 0 Å². The van der Waals surface area contributed by atoms with E-state index in [2.05, 4.69) is 4.98 Å². The average molecular weight is 477 g/mol. The summed E-state index contributed by atoms with van der Waals surface area (Å²) in [6.45, 7) is 6.14. The van der Waals surface area contributed by atoms with Crippen molar-refractivity contribution in [2.75, 3.05) is 12.0 Å². The van der Waals surface area contributed by atoms with E-state index in [1.807, 2.05) is 26.8 Å². The predicted octanol–water partition coefficient (Wildman–Crippen LogP) is 5.67. The topological polar surface area (TPSA) is 79.7 Å². The van der Waals surface area contributed by atoms with Crippen LogP contribution in [0.3, 0.4) is 0 Å². The lowest BCUT2D eigenvalue weighted by molar-refractivity contribution is -0.132. The van der Waals surface area contributed by atoms with E-state index in [4.69, 9.17) is 16.3 Å². The molecule has 0 saturated carbocycles. The van der Waals surface area contributed by atoms with Gasteiger partial charge in [-0.3, -0.25) is 19.5 Å². The summed E-state index contributed by atoms with van der Waals surface area (Å²) >= 11 is 6.18. The lowest BCUT2D eigenvalue weighted by Crippen LogP contribution is -2.29. The van der Waals surface area contributed by atoms with Crippen LogP contribution in [0, 0.1) is 0 Å². The highest BCUT2D eigenvalue weighted by Crippen LogP contribution is 2.44. The second-order valence-electron chi connectivity index (χ2n) is 9.10. The molecule has 2 heterocycles. The number of nitrogens with zero attached hydrogens (tertiary/aromatic N) is 2. The van der Waals surface area contributed by atoms with Crippen LogP contribution in [0.15, 0.2) is 72.6 Å². The number of pyridine rings is 1. The molecule has 1 atom stereocenters. The number of carbonyl (C=O) groups excluding carboxylic acids is 2. The Morgan fingerprint density at radius 2 is 1.85 bits per heavy atom. The number of anilines is 1. The zero-order valence-electron chi connectivity index (χ0n) is 19.4. The highest BCUT2D eigenvalue weighted by atomic mass is 35.5. The Morgan fingerprint density at radius 1 is 1.09 bits per heavy atom. The third-order valence-electron chi connectivity index (χ3n) is 5.85. The zero-order chi connectivity index (χ0) is 24.6. The summed E-state index contributed by atoms with van der Waals surface area (Å²) < 4.78 is 5.49. The third kappa shape index (κ3) is 4.17. The van der Waals surface area contributed by atoms with Crippen LogP contribution in [0.5, 0.6) is 5.75 Å². The van der Waals surface area contributed by atoms with Gasteiger partial charge in [-0.05, 0) is 52.9 Å². The summed E-state index contributed by atoms with van der Waals surface area (Å²) in [5.41, 5.74) is 2.05. The van der Waals surface area contributed by atoms with E-state index in [1.165, 1.54) is 12.0 Å². The summed E-state index contributed by atoms with van der Waals surface area (Å²) in [6, 6.07) is 14.7. The molecular weight excluding hydrogens is 452 g/mol. The molecule has 34 heavy (non-hydrogen) atoms. The Hall–Kier alpha value is -3.64. The van der Waals surface area contributed by atoms with Gasteiger partial charge in [0.2, 0.25) is 0 Å². The van der Waals surface area contributed by atoms with E-state index in [0.717, 1.165) is 5.56 Å². The minimum atomic E-state index is -0.893. The van der Waals surface area contributed by atoms with Crippen LogP contribution in [-0.4, -0.2) is 28.9 Å². The van der Waals surface area contributed by atoms with Gasteiger partial charge in [0.1, 0.15) is 11.5 Å². The van der Waals surface area contributed by atoms with E-state index in [1.54, 1.807) is 60.9 Å². The fourth-order valence-corrected chi connectivity index (χ4v) is 4.27. The molecule has 1 unspecified atom stereocenters. The number of carbonyl (C=O) groups is 2. The largest absolute Gasteiger partial charge is 0.507 e. The first kappa shape index (κ1) is 23.5. The van der Waals surface area contributed by atoms with Crippen molar-refractivity contribution in [3.05, 3.63) is 94.3 Å². The summed E-state index contributed by atoms with van der Waals surface area (Å²) in [7, 11) is 1.49. The Kier molecular flexibility index (Phi) is 6.19. The van der Waals surface area contributed by atoms with Crippen LogP contribution in [0.4, 0.5) is 5.69 Å². The molecule has 6 nitrogen and oxygen atoms in total. The first-order chi connectivity index (χ1) is 16.1. The Balaban J connectivity index is 1.99. The average Bonchev–Trinajstić information content (AvgIpc) is 3.08. The van der Waals surface area contributed by atoms with E-state index in [0.29, 0.717) is 27.6 Å². The molecule has 0 radical (unpaired) electrons. The molecule has 0 bridgehead atoms. The summed E-state index contributed by atoms with van der Waals surface area (Å²) in [6.07, 6.45) is 3.18. The van der Waals surface area contributed by atoms with Crippen LogP contribution < -0.4 is 9.64 Å². The van der Waals surface area contributed by atoms with Crippen LogP contribution in [0.1, 0.15) is 43.5 Å². The first-order valence-electron chi connectivity index (χ1n) is 10.8. The van der Waals surface area contributed by atoms with Crippen LogP contribution in [-0.2, 0) is 15.0 Å². The third-order valence-corrected chi connectivity index (χ3v) is 6.09. The fraction of sp³-hybridized carbons (Fsp3) is 0.222. The van der Waals surface area contributed by atoms with E-state index >= 15 is 0 Å². The molecule has 174 valence electrons. The molecule has 2 aromatic carbocycles. The molecule has 1 saturated heterocycles. The standard InChI is InChI=1S/C27H25ClN2O4/c1-27(2,3)17-10-11-21(34-4)20(13-17)24(31)22-23(16-7-6-12-29-15-16)30(26(33)25(22)32)19-9-5-8-18(28)14-19/h5-15,23,31H,1-4H3/b24-22+. The van der Waals surface area contributed by atoms with Crippen molar-refractivity contribution in [3.63, 3.8) is 0 Å². The monoisotopic (exact) mass is 476 g/mol. The van der Waals surface area contributed by atoms with Gasteiger partial charge < -0.3 is 9.84 Å². The van der Waals surface area contributed by atoms with Gasteiger partial charge in [0.15, 0.2) is 0 Å². The van der Waals surface area contributed by atoms with Gasteiger partial charge in [-0.2, -0.15) is 0 Å². The molecule has 1 aromatic heterocycles. The SMILES string of the molecule is COc1ccc(C(C)(C)C)cc1/C(O)=C1\C(=O)C(=O)N(c2cccc(Cl)c2)C1c1cccnc1. The molecular formula is C27H25ClN2O4. The number of benzene rings is 2. The Labute approximate surface area is 203 Å². The maximum absolute atomic E-state index is 13.4. The lowest BCUT2D eigenvalue weighted by atomic mass is 9.85. The van der Waals surface area contributed by atoms with Gasteiger partial charge in [0.25, 0.3) is 11.7 Å². The number of ether oxygens (including phenoxy) is 1. The number of Topliss-reactive ketones (excluding diaryl/α,β-unsaturated/α-hetero) is 1. The van der Waals surface area contributed by atoms with Gasteiger partial charge in [-0.15, -0.1) is 0 Å². The molecule has 1 fully saturated rings. The molecule has 1 aliphatic rings. The van der Waals surface area contributed by atoms with E-state index in [-0.39, 0.29) is 16.7 Å². The maximum atomic E-state index is 13.4. The number of aliphatic hydroxyl groups excluding tert-OH is 1.